The lowest BCUT2D eigenvalue weighted by Gasteiger charge is -2.09. The highest BCUT2D eigenvalue weighted by Crippen LogP contribution is 2.23. The van der Waals surface area contributed by atoms with E-state index in [1.54, 1.807) is 0 Å². The Morgan fingerprint density at radius 2 is 2.13 bits per heavy atom. The van der Waals surface area contributed by atoms with Gasteiger partial charge in [-0.3, -0.25) is 0 Å². The number of ether oxygens (including phenoxy) is 1. The number of benzene rings is 1. The van der Waals surface area contributed by atoms with Gasteiger partial charge in [-0.05, 0) is 18.6 Å². The Bertz CT molecular complexity index is 300. The van der Waals surface area contributed by atoms with Crippen molar-refractivity contribution in [2.75, 3.05) is 24.7 Å². The Kier molecular flexibility index (Phi) is 4.81. The number of hydrogen-bond acceptors (Lipinski definition) is 3. The molecule has 0 radical (unpaired) electrons. The van der Waals surface area contributed by atoms with Gasteiger partial charge in [0.05, 0.1) is 18.0 Å². The molecular formula is C12H20N2O. The van der Waals surface area contributed by atoms with Crippen LogP contribution in [0.4, 0.5) is 11.4 Å². The smallest absolute Gasteiger partial charge is 0.121 e. The van der Waals surface area contributed by atoms with E-state index < -0.39 is 0 Å². The molecule has 0 spiro atoms. The average molecular weight is 208 g/mol. The van der Waals surface area contributed by atoms with Gasteiger partial charge in [-0.2, -0.15) is 0 Å². The van der Waals surface area contributed by atoms with Crippen LogP contribution in [-0.4, -0.2) is 13.7 Å². The monoisotopic (exact) mass is 208 g/mol. The minimum Gasteiger partial charge on any atom is -0.494 e. The maximum Gasteiger partial charge on any atom is 0.121 e. The topological polar surface area (TPSA) is 47.3 Å². The van der Waals surface area contributed by atoms with Crippen LogP contribution in [0.3, 0.4) is 0 Å². The summed E-state index contributed by atoms with van der Waals surface area (Å²) >= 11 is 0. The highest BCUT2D eigenvalue weighted by Gasteiger charge is 1.99. The molecule has 0 atom stereocenters. The molecule has 0 saturated heterocycles. The molecule has 3 N–H and O–H groups in total. The fourth-order valence-corrected chi connectivity index (χ4v) is 1.40. The molecule has 0 amide bonds. The molecule has 3 nitrogen and oxygen atoms in total. The summed E-state index contributed by atoms with van der Waals surface area (Å²) in [5.41, 5.74) is 7.49. The largest absolute Gasteiger partial charge is 0.494 e. The number of nitrogen functional groups attached to an aromatic ring is 1. The van der Waals surface area contributed by atoms with E-state index in [9.17, 15) is 0 Å². The summed E-state index contributed by atoms with van der Waals surface area (Å²) in [5, 5.41) is 3.02. The van der Waals surface area contributed by atoms with Crippen LogP contribution < -0.4 is 15.8 Å². The van der Waals surface area contributed by atoms with E-state index in [2.05, 4.69) is 12.2 Å². The zero-order valence-electron chi connectivity index (χ0n) is 9.55. The van der Waals surface area contributed by atoms with Gasteiger partial charge in [0.25, 0.3) is 0 Å². The van der Waals surface area contributed by atoms with E-state index in [0.29, 0.717) is 0 Å². The Labute approximate surface area is 91.6 Å². The summed E-state index contributed by atoms with van der Waals surface area (Å²) in [6, 6.07) is 5.73. The number of anilines is 2. The summed E-state index contributed by atoms with van der Waals surface area (Å²) < 4.78 is 5.58. The molecule has 0 aliphatic carbocycles. The van der Waals surface area contributed by atoms with Gasteiger partial charge in [-0.1, -0.05) is 19.8 Å². The normalized spacial score (nSPS) is 10.0. The van der Waals surface area contributed by atoms with Crippen LogP contribution >= 0.6 is 0 Å². The molecule has 0 fully saturated rings. The number of nitrogens with two attached hydrogens (primary N) is 1. The summed E-state index contributed by atoms with van der Waals surface area (Å²) in [6.45, 7) is 2.95. The fraction of sp³-hybridized carbons (Fsp3) is 0.500. The summed E-state index contributed by atoms with van der Waals surface area (Å²) in [6.07, 6.45) is 3.53. The van der Waals surface area contributed by atoms with Crippen molar-refractivity contribution in [1.29, 1.82) is 0 Å². The lowest BCUT2D eigenvalue weighted by Crippen LogP contribution is -1.99. The minimum atomic E-state index is 0.727. The van der Waals surface area contributed by atoms with Crippen molar-refractivity contribution in [1.82, 2.24) is 0 Å². The second kappa shape index (κ2) is 6.17. The third-order valence-corrected chi connectivity index (χ3v) is 2.31. The number of unbranched alkanes of at least 4 members (excludes halogenated alkanes) is 2. The first-order valence-electron chi connectivity index (χ1n) is 5.48. The Morgan fingerprint density at radius 1 is 1.33 bits per heavy atom. The summed E-state index contributed by atoms with van der Waals surface area (Å²) in [5.74, 6) is 0.850. The number of nitrogens with one attached hydrogen (secondary N) is 1. The van der Waals surface area contributed by atoms with Crippen LogP contribution in [0.5, 0.6) is 5.75 Å². The SMILES string of the molecule is CCCCCOc1ccc(NC)c(N)c1. The van der Waals surface area contributed by atoms with Crippen LogP contribution in [0.1, 0.15) is 26.2 Å². The van der Waals surface area contributed by atoms with Gasteiger partial charge >= 0.3 is 0 Å². The van der Waals surface area contributed by atoms with Crippen molar-refractivity contribution >= 4 is 11.4 Å². The van der Waals surface area contributed by atoms with Gasteiger partial charge in [-0.15, -0.1) is 0 Å². The third-order valence-electron chi connectivity index (χ3n) is 2.31. The molecular weight excluding hydrogens is 188 g/mol. The molecule has 0 aromatic heterocycles. The Balaban J connectivity index is 2.45. The van der Waals surface area contributed by atoms with Crippen molar-refractivity contribution in [3.8, 4) is 5.75 Å². The van der Waals surface area contributed by atoms with Crippen molar-refractivity contribution in [2.24, 2.45) is 0 Å². The summed E-state index contributed by atoms with van der Waals surface area (Å²) in [4.78, 5) is 0. The molecule has 3 heteroatoms. The first kappa shape index (κ1) is 11.7. The van der Waals surface area contributed by atoms with E-state index in [1.165, 1.54) is 12.8 Å². The van der Waals surface area contributed by atoms with Gasteiger partial charge in [0, 0.05) is 13.1 Å². The molecule has 0 saturated carbocycles. The highest BCUT2D eigenvalue weighted by molar-refractivity contribution is 5.67. The predicted molar refractivity (Wildman–Crippen MR) is 65.4 cm³/mol. The lowest BCUT2D eigenvalue weighted by atomic mass is 10.2. The van der Waals surface area contributed by atoms with Crippen molar-refractivity contribution < 1.29 is 4.74 Å². The van der Waals surface area contributed by atoms with E-state index in [0.717, 1.165) is 30.2 Å². The van der Waals surface area contributed by atoms with Crippen LogP contribution in [0.15, 0.2) is 18.2 Å². The first-order chi connectivity index (χ1) is 7.27. The molecule has 1 aromatic carbocycles. The van der Waals surface area contributed by atoms with Crippen LogP contribution in [0.2, 0.25) is 0 Å². The van der Waals surface area contributed by atoms with E-state index in [4.69, 9.17) is 10.5 Å². The molecule has 84 valence electrons. The molecule has 0 aliphatic heterocycles. The fourth-order valence-electron chi connectivity index (χ4n) is 1.40. The van der Waals surface area contributed by atoms with Gasteiger partial charge in [0.15, 0.2) is 0 Å². The van der Waals surface area contributed by atoms with Crippen molar-refractivity contribution in [3.05, 3.63) is 18.2 Å². The zero-order chi connectivity index (χ0) is 11.1. The lowest BCUT2D eigenvalue weighted by molar-refractivity contribution is 0.306. The van der Waals surface area contributed by atoms with E-state index in [-0.39, 0.29) is 0 Å². The van der Waals surface area contributed by atoms with Crippen LogP contribution in [-0.2, 0) is 0 Å². The maximum atomic E-state index is 5.82. The Morgan fingerprint density at radius 3 is 2.73 bits per heavy atom. The average Bonchev–Trinajstić information content (AvgIpc) is 2.25. The third kappa shape index (κ3) is 3.70. The Hall–Kier alpha value is -1.38. The van der Waals surface area contributed by atoms with E-state index >= 15 is 0 Å². The van der Waals surface area contributed by atoms with Gasteiger partial charge in [0.1, 0.15) is 5.75 Å². The van der Waals surface area contributed by atoms with Gasteiger partial charge < -0.3 is 15.8 Å². The maximum absolute atomic E-state index is 5.82. The van der Waals surface area contributed by atoms with Crippen molar-refractivity contribution in [3.63, 3.8) is 0 Å². The highest BCUT2D eigenvalue weighted by atomic mass is 16.5. The summed E-state index contributed by atoms with van der Waals surface area (Å²) in [7, 11) is 1.85. The zero-order valence-corrected chi connectivity index (χ0v) is 9.55. The van der Waals surface area contributed by atoms with Gasteiger partial charge in [-0.25, -0.2) is 0 Å². The molecule has 0 aliphatic rings. The molecule has 1 aromatic rings. The van der Waals surface area contributed by atoms with Gasteiger partial charge in [0.2, 0.25) is 0 Å². The van der Waals surface area contributed by atoms with E-state index in [1.807, 2.05) is 25.2 Å². The molecule has 0 bridgehead atoms. The number of hydrogen-bond donors (Lipinski definition) is 2. The van der Waals surface area contributed by atoms with Crippen LogP contribution in [0.25, 0.3) is 0 Å². The second-order valence-electron chi connectivity index (χ2n) is 3.55. The quantitative estimate of drug-likeness (QED) is 0.558. The molecule has 0 heterocycles. The predicted octanol–water partition coefficient (Wildman–Crippen LogP) is 2.88. The number of rotatable bonds is 6. The molecule has 0 unspecified atom stereocenters. The minimum absolute atomic E-state index is 0.727. The molecule has 15 heavy (non-hydrogen) atoms. The van der Waals surface area contributed by atoms with Crippen LogP contribution in [0, 0.1) is 0 Å². The second-order valence-corrected chi connectivity index (χ2v) is 3.55. The molecule has 1 rings (SSSR count). The first-order valence-corrected chi connectivity index (χ1v) is 5.48. The van der Waals surface area contributed by atoms with Crippen molar-refractivity contribution in [2.45, 2.75) is 26.2 Å². The standard InChI is InChI=1S/C12H20N2O/c1-3-4-5-8-15-10-6-7-12(14-2)11(13)9-10/h6-7,9,14H,3-5,8,13H2,1-2H3.